The van der Waals surface area contributed by atoms with Crippen LogP contribution >= 0.6 is 11.8 Å². The van der Waals surface area contributed by atoms with Gasteiger partial charge in [0.25, 0.3) is 11.5 Å². The number of nitrogens with zero attached hydrogens (tertiary/aromatic N) is 4. The lowest BCUT2D eigenvalue weighted by atomic mass is 10.1. The normalized spacial score (nSPS) is 11.5. The third kappa shape index (κ3) is 5.85. The Morgan fingerprint density at radius 3 is 2.49 bits per heavy atom. The molecular weight excluding hydrogens is 488 g/mol. The van der Waals surface area contributed by atoms with E-state index in [0.717, 1.165) is 11.3 Å². The summed E-state index contributed by atoms with van der Waals surface area (Å²) < 4.78 is 3.38. The van der Waals surface area contributed by atoms with Crippen molar-refractivity contribution in [2.75, 3.05) is 17.6 Å². The lowest BCUT2D eigenvalue weighted by Gasteiger charge is -2.14. The summed E-state index contributed by atoms with van der Waals surface area (Å²) in [6.45, 7) is 11.0. The quantitative estimate of drug-likeness (QED) is 0.321. The smallest absolute Gasteiger partial charge is 0.262 e. The number of thioether (sulfide) groups is 1. The molecule has 4 rings (SSSR count). The molecule has 2 N–H and O–H groups in total. The Kier molecular flexibility index (Phi) is 7.97. The van der Waals surface area contributed by atoms with Crippen molar-refractivity contribution < 1.29 is 9.59 Å². The van der Waals surface area contributed by atoms with Crippen LogP contribution in [-0.2, 0) is 11.3 Å². The van der Waals surface area contributed by atoms with Crippen LogP contribution in [-0.4, -0.2) is 43.3 Å². The molecule has 37 heavy (non-hydrogen) atoms. The van der Waals surface area contributed by atoms with E-state index >= 15 is 0 Å². The molecule has 4 aromatic rings. The number of para-hydroxylation sites is 1. The Balaban J connectivity index is 1.74. The molecule has 0 saturated heterocycles. The van der Waals surface area contributed by atoms with Crippen LogP contribution in [0.4, 0.5) is 5.69 Å². The largest absolute Gasteiger partial charge is 0.352 e. The van der Waals surface area contributed by atoms with E-state index in [4.69, 9.17) is 0 Å². The molecule has 2 heterocycles. The summed E-state index contributed by atoms with van der Waals surface area (Å²) in [4.78, 5) is 38.9. The summed E-state index contributed by atoms with van der Waals surface area (Å²) in [5, 5.41) is 15.4. The lowest BCUT2D eigenvalue weighted by molar-refractivity contribution is -0.113. The Bertz CT molecular complexity index is 1520. The van der Waals surface area contributed by atoms with E-state index in [2.05, 4.69) is 20.8 Å². The zero-order valence-corrected chi connectivity index (χ0v) is 22.6. The monoisotopic (exact) mass is 520 g/mol. The first kappa shape index (κ1) is 26.4. The predicted octanol–water partition coefficient (Wildman–Crippen LogP) is 4.13. The summed E-state index contributed by atoms with van der Waals surface area (Å²) in [7, 11) is 0. The predicted molar refractivity (Wildman–Crippen MR) is 147 cm³/mol. The third-order valence-corrected chi connectivity index (χ3v) is 6.73. The van der Waals surface area contributed by atoms with Crippen molar-refractivity contribution in [2.24, 2.45) is 11.8 Å². The van der Waals surface area contributed by atoms with E-state index < -0.39 is 0 Å². The van der Waals surface area contributed by atoms with Crippen LogP contribution in [0.2, 0.25) is 0 Å². The average molecular weight is 521 g/mol. The molecule has 0 fully saturated rings. The van der Waals surface area contributed by atoms with E-state index in [1.165, 1.54) is 11.8 Å². The van der Waals surface area contributed by atoms with Gasteiger partial charge in [-0.1, -0.05) is 57.7 Å². The fourth-order valence-electron chi connectivity index (χ4n) is 3.97. The van der Waals surface area contributed by atoms with Gasteiger partial charge in [0, 0.05) is 24.3 Å². The van der Waals surface area contributed by atoms with Gasteiger partial charge in [0.2, 0.25) is 11.7 Å². The van der Waals surface area contributed by atoms with E-state index in [1.807, 2.05) is 58.9 Å². The number of aromatic nitrogens is 4. The Morgan fingerprint density at radius 1 is 1.03 bits per heavy atom. The van der Waals surface area contributed by atoms with Gasteiger partial charge in [-0.05, 0) is 48.6 Å². The number of benzene rings is 2. The van der Waals surface area contributed by atoms with Gasteiger partial charge in [0.15, 0.2) is 5.16 Å². The van der Waals surface area contributed by atoms with Gasteiger partial charge in [-0.15, -0.1) is 10.2 Å². The number of carbonyl (C=O) groups excluding carboxylic acids is 2. The van der Waals surface area contributed by atoms with E-state index in [-0.39, 0.29) is 29.0 Å². The van der Waals surface area contributed by atoms with E-state index in [1.54, 1.807) is 27.2 Å². The number of hydrogen-bond donors (Lipinski definition) is 2. The van der Waals surface area contributed by atoms with Crippen LogP contribution in [0.25, 0.3) is 16.7 Å². The van der Waals surface area contributed by atoms with Gasteiger partial charge in [-0.3, -0.25) is 23.4 Å². The number of amides is 2. The third-order valence-electron chi connectivity index (χ3n) is 5.80. The number of fused-ring (bicyclic) bond motifs is 3. The fourth-order valence-corrected chi connectivity index (χ4v) is 4.71. The summed E-state index contributed by atoms with van der Waals surface area (Å²) in [6.07, 6.45) is 0. The number of rotatable bonds is 9. The highest BCUT2D eigenvalue weighted by Gasteiger charge is 2.20. The van der Waals surface area contributed by atoms with Crippen molar-refractivity contribution in [3.8, 4) is 0 Å². The average Bonchev–Trinajstić information content (AvgIpc) is 3.28. The molecule has 0 aliphatic carbocycles. The van der Waals surface area contributed by atoms with Crippen LogP contribution < -0.4 is 16.2 Å². The minimum absolute atomic E-state index is 0.106. The van der Waals surface area contributed by atoms with Crippen molar-refractivity contribution in [1.82, 2.24) is 24.5 Å². The number of carbonyl (C=O) groups is 2. The molecule has 2 amide bonds. The molecule has 0 bridgehead atoms. The number of aryl methyl sites for hydroxylation is 1. The highest BCUT2D eigenvalue weighted by molar-refractivity contribution is 7.99. The highest BCUT2D eigenvalue weighted by atomic mass is 32.2. The molecule has 9 nitrogen and oxygen atoms in total. The Labute approximate surface area is 219 Å². The maximum Gasteiger partial charge on any atom is 0.262 e. The second-order valence-electron chi connectivity index (χ2n) is 9.92. The molecular formula is C27H32N6O3S. The van der Waals surface area contributed by atoms with E-state index in [9.17, 15) is 14.4 Å². The fraction of sp³-hybridized carbons (Fsp3) is 0.370. The molecule has 10 heteroatoms. The van der Waals surface area contributed by atoms with Crippen LogP contribution in [0.3, 0.4) is 0 Å². The topological polar surface area (TPSA) is 110 Å². The first-order valence-corrected chi connectivity index (χ1v) is 13.3. The molecule has 0 saturated carbocycles. The van der Waals surface area contributed by atoms with Crippen molar-refractivity contribution in [3.63, 3.8) is 0 Å². The maximum atomic E-state index is 13.4. The summed E-state index contributed by atoms with van der Waals surface area (Å²) >= 11 is 1.23. The molecule has 0 unspecified atom stereocenters. The van der Waals surface area contributed by atoms with Crippen molar-refractivity contribution >= 4 is 45.9 Å². The number of nitrogens with one attached hydrogen (secondary N) is 2. The maximum absolute atomic E-state index is 13.4. The van der Waals surface area contributed by atoms with Crippen LogP contribution in [0.1, 0.15) is 43.6 Å². The minimum Gasteiger partial charge on any atom is -0.352 e. The van der Waals surface area contributed by atoms with Gasteiger partial charge in [-0.2, -0.15) is 0 Å². The summed E-state index contributed by atoms with van der Waals surface area (Å²) in [5.74, 6) is 0.611. The Hall–Kier alpha value is -3.66. The van der Waals surface area contributed by atoms with Crippen molar-refractivity contribution in [3.05, 3.63) is 63.9 Å². The summed E-state index contributed by atoms with van der Waals surface area (Å²) in [5.41, 5.74) is 2.52. The van der Waals surface area contributed by atoms with Crippen molar-refractivity contribution in [2.45, 2.75) is 46.3 Å². The van der Waals surface area contributed by atoms with Crippen molar-refractivity contribution in [1.29, 1.82) is 0 Å². The van der Waals surface area contributed by atoms with Crippen LogP contribution in [0, 0.1) is 18.8 Å². The molecule has 0 aliphatic heterocycles. The zero-order chi connectivity index (χ0) is 26.7. The standard InChI is InChI=1S/C27H32N6O3S/c1-16(2)13-28-24(35)19-10-11-20-22(12-19)33-26(32(25(20)36)14-17(3)4)30-31-27(33)37-15-23(34)29-21-9-7-6-8-18(21)5/h6-12,16-17H,13-15H2,1-5H3,(H,28,35)(H,29,34). The van der Waals surface area contributed by atoms with Gasteiger partial charge >= 0.3 is 0 Å². The molecule has 0 spiro atoms. The molecule has 0 radical (unpaired) electrons. The van der Waals surface area contributed by atoms with Gasteiger partial charge < -0.3 is 10.6 Å². The second-order valence-corrected chi connectivity index (χ2v) is 10.9. The van der Waals surface area contributed by atoms with E-state index in [0.29, 0.717) is 46.4 Å². The van der Waals surface area contributed by atoms with Crippen LogP contribution in [0.15, 0.2) is 52.4 Å². The molecule has 0 aliphatic rings. The SMILES string of the molecule is Cc1ccccc1NC(=O)CSc1nnc2n(CC(C)C)c(=O)c3ccc(C(=O)NCC(C)C)cc3n12. The van der Waals surface area contributed by atoms with Crippen LogP contribution in [0.5, 0.6) is 0 Å². The van der Waals surface area contributed by atoms with Gasteiger partial charge in [0.05, 0.1) is 16.7 Å². The second kappa shape index (κ2) is 11.2. The summed E-state index contributed by atoms with van der Waals surface area (Å²) in [6, 6.07) is 12.6. The Morgan fingerprint density at radius 2 is 1.78 bits per heavy atom. The molecule has 0 atom stereocenters. The lowest BCUT2D eigenvalue weighted by Crippen LogP contribution is -2.28. The minimum atomic E-state index is -0.213. The number of anilines is 1. The molecule has 2 aromatic carbocycles. The van der Waals surface area contributed by atoms with Gasteiger partial charge in [0.1, 0.15) is 0 Å². The number of hydrogen-bond acceptors (Lipinski definition) is 6. The van der Waals surface area contributed by atoms with Gasteiger partial charge in [-0.25, -0.2) is 0 Å². The molecule has 2 aromatic heterocycles. The first-order chi connectivity index (χ1) is 17.7. The first-order valence-electron chi connectivity index (χ1n) is 12.3. The highest BCUT2D eigenvalue weighted by Crippen LogP contribution is 2.24. The molecule has 194 valence electrons. The zero-order valence-electron chi connectivity index (χ0n) is 21.7.